The number of β-amino-alcohol motifs (C(OH)–C–C–N with tert-alkyl or cyclic N) is 1. The van der Waals surface area contributed by atoms with Crippen molar-refractivity contribution >= 4 is 22.5 Å². The molecule has 1 N–H and O–H groups in total. The van der Waals surface area contributed by atoms with Crippen molar-refractivity contribution in [2.45, 2.75) is 25.1 Å². The molecular formula is C20H20ClN3O2. The molecule has 4 rings (SSSR count). The van der Waals surface area contributed by atoms with Gasteiger partial charge < -0.3 is 5.11 Å². The summed E-state index contributed by atoms with van der Waals surface area (Å²) < 4.78 is 1.50. The van der Waals surface area contributed by atoms with Crippen molar-refractivity contribution in [1.29, 1.82) is 0 Å². The van der Waals surface area contributed by atoms with E-state index in [1.54, 1.807) is 18.2 Å². The van der Waals surface area contributed by atoms with Crippen molar-refractivity contribution < 1.29 is 5.11 Å². The molecule has 26 heavy (non-hydrogen) atoms. The molecule has 0 aliphatic carbocycles. The third-order valence-electron chi connectivity index (χ3n) is 4.91. The van der Waals surface area contributed by atoms with E-state index in [2.05, 4.69) is 22.0 Å². The fraction of sp³-hybridized carbons (Fsp3) is 0.300. The van der Waals surface area contributed by atoms with E-state index in [1.807, 2.05) is 18.2 Å². The monoisotopic (exact) mass is 369 g/mol. The van der Waals surface area contributed by atoms with Crippen LogP contribution in [-0.4, -0.2) is 38.2 Å². The maximum atomic E-state index is 12.7. The quantitative estimate of drug-likeness (QED) is 0.768. The van der Waals surface area contributed by atoms with Gasteiger partial charge in [-0.3, -0.25) is 14.3 Å². The highest BCUT2D eigenvalue weighted by Gasteiger charge is 2.36. The van der Waals surface area contributed by atoms with Crippen LogP contribution in [0.4, 0.5) is 0 Å². The number of nitrogens with zero attached hydrogens (tertiary/aromatic N) is 3. The van der Waals surface area contributed by atoms with Gasteiger partial charge in [0.15, 0.2) is 0 Å². The summed E-state index contributed by atoms with van der Waals surface area (Å²) in [6, 6.07) is 15.2. The molecule has 0 bridgehead atoms. The molecule has 1 fully saturated rings. The van der Waals surface area contributed by atoms with E-state index in [0.717, 1.165) is 13.1 Å². The summed E-state index contributed by atoms with van der Waals surface area (Å²) in [7, 11) is 0. The molecule has 6 heteroatoms. The molecule has 1 aliphatic heterocycles. The molecule has 0 radical (unpaired) electrons. The lowest BCUT2D eigenvalue weighted by atomic mass is 10.0. The zero-order valence-electron chi connectivity index (χ0n) is 14.3. The van der Waals surface area contributed by atoms with Gasteiger partial charge in [0.1, 0.15) is 0 Å². The summed E-state index contributed by atoms with van der Waals surface area (Å²) in [5, 5.41) is 12.0. The zero-order valence-corrected chi connectivity index (χ0v) is 15.1. The molecule has 1 unspecified atom stereocenters. The Bertz CT molecular complexity index is 989. The van der Waals surface area contributed by atoms with Crippen molar-refractivity contribution in [2.24, 2.45) is 0 Å². The van der Waals surface area contributed by atoms with Crippen LogP contribution in [0, 0.1) is 0 Å². The molecule has 1 aromatic heterocycles. The number of hydrogen-bond donors (Lipinski definition) is 1. The van der Waals surface area contributed by atoms with Gasteiger partial charge in [0.25, 0.3) is 5.56 Å². The number of aromatic nitrogens is 2. The summed E-state index contributed by atoms with van der Waals surface area (Å²) in [5.74, 6) is 0. The van der Waals surface area contributed by atoms with Crippen molar-refractivity contribution in [1.82, 2.24) is 14.5 Å². The summed E-state index contributed by atoms with van der Waals surface area (Å²) in [6.07, 6.45) is 2.13. The Hall–Kier alpha value is -2.21. The van der Waals surface area contributed by atoms with Crippen LogP contribution in [0.15, 0.2) is 59.7 Å². The molecular weight excluding hydrogens is 350 g/mol. The van der Waals surface area contributed by atoms with Gasteiger partial charge in [0.05, 0.1) is 29.4 Å². The van der Waals surface area contributed by atoms with E-state index >= 15 is 0 Å². The molecule has 0 saturated carbocycles. The van der Waals surface area contributed by atoms with Crippen LogP contribution in [0.25, 0.3) is 10.9 Å². The van der Waals surface area contributed by atoms with Gasteiger partial charge in [-0.25, -0.2) is 4.98 Å². The predicted octanol–water partition coefficient (Wildman–Crippen LogP) is 2.69. The summed E-state index contributed by atoms with van der Waals surface area (Å²) >= 11 is 5.96. The Morgan fingerprint density at radius 2 is 2.00 bits per heavy atom. The van der Waals surface area contributed by atoms with Crippen LogP contribution in [0.2, 0.25) is 5.02 Å². The fourth-order valence-corrected chi connectivity index (χ4v) is 3.77. The van der Waals surface area contributed by atoms with Gasteiger partial charge in [0, 0.05) is 24.7 Å². The van der Waals surface area contributed by atoms with Crippen molar-refractivity contribution in [2.75, 3.05) is 13.1 Å². The van der Waals surface area contributed by atoms with E-state index in [9.17, 15) is 9.90 Å². The second kappa shape index (κ2) is 6.83. The third-order valence-corrected chi connectivity index (χ3v) is 5.15. The van der Waals surface area contributed by atoms with Crippen LogP contribution in [0.5, 0.6) is 0 Å². The number of rotatable bonds is 4. The number of likely N-dealkylation sites (tertiary alicyclic amines) is 1. The zero-order chi connectivity index (χ0) is 18.1. The van der Waals surface area contributed by atoms with E-state index in [0.29, 0.717) is 28.9 Å². The minimum atomic E-state index is -0.930. The molecule has 134 valence electrons. The van der Waals surface area contributed by atoms with Gasteiger partial charge >= 0.3 is 0 Å². The maximum Gasteiger partial charge on any atom is 0.261 e. The van der Waals surface area contributed by atoms with Crippen LogP contribution >= 0.6 is 11.6 Å². The van der Waals surface area contributed by atoms with E-state index in [4.69, 9.17) is 11.6 Å². The predicted molar refractivity (Wildman–Crippen MR) is 102 cm³/mol. The van der Waals surface area contributed by atoms with E-state index in [1.165, 1.54) is 16.5 Å². The second-order valence-electron chi connectivity index (χ2n) is 7.01. The Labute approximate surface area is 156 Å². The van der Waals surface area contributed by atoms with Crippen molar-refractivity contribution in [3.05, 3.63) is 75.8 Å². The molecule has 0 spiro atoms. The first-order valence-corrected chi connectivity index (χ1v) is 9.04. The Morgan fingerprint density at radius 1 is 1.19 bits per heavy atom. The first kappa shape index (κ1) is 17.2. The average molecular weight is 370 g/mol. The standard InChI is InChI=1S/C20H20ClN3O2/c21-16-6-7-17-18(10-16)22-14-24(19(17)25)13-20(26)8-9-23(12-20)11-15-4-2-1-3-5-15/h1-7,10,14,26H,8-9,11-13H2. The molecule has 2 aromatic carbocycles. The molecule has 0 amide bonds. The van der Waals surface area contributed by atoms with Gasteiger partial charge in [-0.15, -0.1) is 0 Å². The Balaban J connectivity index is 1.52. The summed E-state index contributed by atoms with van der Waals surface area (Å²) in [6.45, 7) is 2.37. The molecule has 1 aliphatic rings. The summed E-state index contributed by atoms with van der Waals surface area (Å²) in [4.78, 5) is 19.2. The second-order valence-corrected chi connectivity index (χ2v) is 7.45. The molecule has 1 atom stereocenters. The molecule has 2 heterocycles. The highest BCUT2D eigenvalue weighted by atomic mass is 35.5. The van der Waals surface area contributed by atoms with Gasteiger partial charge in [-0.05, 0) is 30.2 Å². The Morgan fingerprint density at radius 3 is 2.81 bits per heavy atom. The third kappa shape index (κ3) is 3.51. The molecule has 3 aromatic rings. The minimum Gasteiger partial charge on any atom is -0.387 e. The van der Waals surface area contributed by atoms with Gasteiger partial charge in [-0.1, -0.05) is 41.9 Å². The molecule has 5 nitrogen and oxygen atoms in total. The lowest BCUT2D eigenvalue weighted by molar-refractivity contribution is 0.0302. The fourth-order valence-electron chi connectivity index (χ4n) is 3.61. The maximum absolute atomic E-state index is 12.7. The topological polar surface area (TPSA) is 58.4 Å². The highest BCUT2D eigenvalue weighted by molar-refractivity contribution is 6.31. The van der Waals surface area contributed by atoms with Crippen LogP contribution < -0.4 is 5.56 Å². The van der Waals surface area contributed by atoms with E-state index in [-0.39, 0.29) is 12.1 Å². The molecule has 1 saturated heterocycles. The van der Waals surface area contributed by atoms with Crippen LogP contribution in [0.1, 0.15) is 12.0 Å². The SMILES string of the molecule is O=c1c2ccc(Cl)cc2ncn1CC1(O)CCN(Cc2ccccc2)C1. The van der Waals surface area contributed by atoms with Crippen molar-refractivity contribution in [3.8, 4) is 0 Å². The van der Waals surface area contributed by atoms with Gasteiger partial charge in [0.2, 0.25) is 0 Å². The number of fused-ring (bicyclic) bond motifs is 1. The Kier molecular flexibility index (Phi) is 4.53. The first-order valence-electron chi connectivity index (χ1n) is 8.66. The van der Waals surface area contributed by atoms with Gasteiger partial charge in [-0.2, -0.15) is 0 Å². The number of halogens is 1. The van der Waals surface area contributed by atoms with Crippen LogP contribution in [0.3, 0.4) is 0 Å². The van der Waals surface area contributed by atoms with Crippen molar-refractivity contribution in [3.63, 3.8) is 0 Å². The summed E-state index contributed by atoms with van der Waals surface area (Å²) in [5.41, 5.74) is 0.711. The number of benzene rings is 2. The number of hydrogen-bond acceptors (Lipinski definition) is 4. The average Bonchev–Trinajstić information content (AvgIpc) is 2.99. The largest absolute Gasteiger partial charge is 0.387 e. The smallest absolute Gasteiger partial charge is 0.261 e. The lowest BCUT2D eigenvalue weighted by Crippen LogP contribution is -2.40. The lowest BCUT2D eigenvalue weighted by Gasteiger charge is -2.24. The first-order chi connectivity index (χ1) is 12.5. The normalized spacial score (nSPS) is 20.7. The van der Waals surface area contributed by atoms with E-state index < -0.39 is 5.60 Å². The highest BCUT2D eigenvalue weighted by Crippen LogP contribution is 2.24. The van der Waals surface area contributed by atoms with Crippen LogP contribution in [-0.2, 0) is 13.1 Å². The minimum absolute atomic E-state index is 0.151. The number of aliphatic hydroxyl groups is 1.